The molecule has 1 rings (SSSR count). The molecule has 0 spiro atoms. The van der Waals surface area contributed by atoms with Crippen LogP contribution in [0.3, 0.4) is 0 Å². The van der Waals surface area contributed by atoms with Crippen LogP contribution >= 0.6 is 0 Å². The third-order valence-corrected chi connectivity index (χ3v) is 3.11. The van der Waals surface area contributed by atoms with Gasteiger partial charge in [0.2, 0.25) is 0 Å². The summed E-state index contributed by atoms with van der Waals surface area (Å²) in [6.45, 7) is -4.20. The van der Waals surface area contributed by atoms with Gasteiger partial charge in [0.1, 0.15) is 11.2 Å². The van der Waals surface area contributed by atoms with Crippen molar-refractivity contribution in [3.05, 3.63) is 41.8 Å². The standard InChI is InChI=1S/C9H8BF4O3S.K/c1-7-2-4-8(5-3-7)18(15,16)17-6-9(11)10(12,13)14;/h2-6H,1H3;/q-1;+1/b9-6-;. The van der Waals surface area contributed by atoms with Gasteiger partial charge < -0.3 is 17.1 Å². The smallest absolute Gasteiger partial charge is 0.443 e. The number of rotatable bonds is 4. The largest absolute Gasteiger partial charge is 1.00 e. The average Bonchev–Trinajstić information content (AvgIpc) is 2.25. The van der Waals surface area contributed by atoms with E-state index in [9.17, 15) is 25.8 Å². The van der Waals surface area contributed by atoms with Crippen LogP contribution in [0.1, 0.15) is 5.56 Å². The molecule has 0 amide bonds. The molecule has 3 nitrogen and oxygen atoms in total. The molecule has 0 bridgehead atoms. The Morgan fingerprint density at radius 1 is 1.21 bits per heavy atom. The predicted molar refractivity (Wildman–Crippen MR) is 57.7 cm³/mol. The molecule has 0 radical (unpaired) electrons. The molecule has 0 aromatic heterocycles. The van der Waals surface area contributed by atoms with Gasteiger partial charge in [0, 0.05) is 0 Å². The summed E-state index contributed by atoms with van der Waals surface area (Å²) in [6.07, 6.45) is -0.449. The minimum absolute atomic E-state index is 0. The fraction of sp³-hybridized carbons (Fsp3) is 0.111. The zero-order valence-electron chi connectivity index (χ0n) is 10.1. The van der Waals surface area contributed by atoms with Crippen molar-refractivity contribution in [1.82, 2.24) is 0 Å². The first-order chi connectivity index (χ1) is 8.13. The summed E-state index contributed by atoms with van der Waals surface area (Å²) in [5, 5.41) is 0. The van der Waals surface area contributed by atoms with E-state index in [0.717, 1.165) is 17.7 Å². The molecule has 10 heteroatoms. The van der Waals surface area contributed by atoms with Gasteiger partial charge in [-0.25, -0.2) is 4.39 Å². The summed E-state index contributed by atoms with van der Waals surface area (Å²) in [5.74, 6) is 0. The Balaban J connectivity index is 0.00000324. The molecule has 100 valence electrons. The normalized spacial score (nSPS) is 12.8. The molecular formula is C9H8BF4KO3S. The Morgan fingerprint density at radius 2 is 1.68 bits per heavy atom. The van der Waals surface area contributed by atoms with Crippen LogP contribution < -0.4 is 51.4 Å². The van der Waals surface area contributed by atoms with Gasteiger partial charge >= 0.3 is 68.5 Å². The van der Waals surface area contributed by atoms with Crippen molar-refractivity contribution in [3.63, 3.8) is 0 Å². The van der Waals surface area contributed by atoms with Crippen LogP contribution in [0.5, 0.6) is 0 Å². The van der Waals surface area contributed by atoms with Crippen LogP contribution in [0.2, 0.25) is 0 Å². The molecule has 0 saturated carbocycles. The second kappa shape index (κ2) is 7.23. The Morgan fingerprint density at radius 3 is 2.11 bits per heavy atom. The fourth-order valence-corrected chi connectivity index (χ4v) is 1.75. The molecule has 19 heavy (non-hydrogen) atoms. The second-order valence-electron chi connectivity index (χ2n) is 3.44. The molecule has 0 aliphatic carbocycles. The first-order valence-electron chi connectivity index (χ1n) is 4.68. The van der Waals surface area contributed by atoms with Gasteiger partial charge in [-0.2, -0.15) is 8.42 Å². The monoisotopic (exact) mass is 322 g/mol. The van der Waals surface area contributed by atoms with Crippen molar-refractivity contribution < 1.29 is 81.3 Å². The van der Waals surface area contributed by atoms with Crippen molar-refractivity contribution in [2.45, 2.75) is 11.8 Å². The SMILES string of the molecule is Cc1ccc(S(=O)(=O)O/C=C(\F)[B-](F)(F)F)cc1.[K+]. The number of hydrogen-bond acceptors (Lipinski definition) is 3. The summed E-state index contributed by atoms with van der Waals surface area (Å²) in [5.41, 5.74) is -1.81. The second-order valence-corrected chi connectivity index (χ2v) is 5.01. The molecule has 0 fully saturated rings. The Hall–Kier alpha value is 0.131. The van der Waals surface area contributed by atoms with Gasteiger partial charge in [0.15, 0.2) is 0 Å². The fourth-order valence-electron chi connectivity index (χ4n) is 0.947. The van der Waals surface area contributed by atoms with Crippen LogP contribution in [0.4, 0.5) is 17.3 Å². The van der Waals surface area contributed by atoms with Crippen LogP contribution in [0, 0.1) is 6.92 Å². The van der Waals surface area contributed by atoms with E-state index < -0.39 is 29.1 Å². The summed E-state index contributed by atoms with van der Waals surface area (Å²) >= 11 is 0. The van der Waals surface area contributed by atoms with Gasteiger partial charge in [-0.15, -0.1) is 0 Å². The average molecular weight is 322 g/mol. The molecule has 0 N–H and O–H groups in total. The van der Waals surface area contributed by atoms with E-state index >= 15 is 0 Å². The van der Waals surface area contributed by atoms with Crippen molar-refractivity contribution in [3.8, 4) is 0 Å². The van der Waals surface area contributed by atoms with Crippen molar-refractivity contribution >= 4 is 17.1 Å². The van der Waals surface area contributed by atoms with E-state index in [0.29, 0.717) is 0 Å². The number of hydrogen-bond donors (Lipinski definition) is 0. The zero-order chi connectivity index (χ0) is 14.0. The maximum absolute atomic E-state index is 12.4. The number of halogens is 4. The first kappa shape index (κ1) is 19.1. The van der Waals surface area contributed by atoms with Crippen molar-refractivity contribution in [2.24, 2.45) is 0 Å². The molecule has 1 aromatic carbocycles. The Bertz CT molecular complexity index is 554. The van der Waals surface area contributed by atoms with Gasteiger partial charge in [0.05, 0.1) is 5.73 Å². The van der Waals surface area contributed by atoms with E-state index in [4.69, 9.17) is 0 Å². The van der Waals surface area contributed by atoms with Crippen molar-refractivity contribution in [1.29, 1.82) is 0 Å². The summed E-state index contributed by atoms with van der Waals surface area (Å²) < 4.78 is 74.5. The third-order valence-electron chi connectivity index (χ3n) is 1.91. The summed E-state index contributed by atoms with van der Waals surface area (Å²) in [4.78, 5) is -0.355. The van der Waals surface area contributed by atoms with Gasteiger partial charge in [0.25, 0.3) is 0 Å². The van der Waals surface area contributed by atoms with E-state index in [1.807, 2.05) is 0 Å². The van der Waals surface area contributed by atoms with E-state index in [1.54, 1.807) is 6.92 Å². The maximum atomic E-state index is 12.4. The minimum Gasteiger partial charge on any atom is -0.443 e. The third kappa shape index (κ3) is 5.96. The topological polar surface area (TPSA) is 43.4 Å². The molecule has 0 saturated heterocycles. The molecule has 0 unspecified atom stereocenters. The summed E-state index contributed by atoms with van der Waals surface area (Å²) in [7, 11) is -4.44. The van der Waals surface area contributed by atoms with E-state index in [1.165, 1.54) is 12.1 Å². The van der Waals surface area contributed by atoms with E-state index in [-0.39, 0.29) is 56.3 Å². The van der Waals surface area contributed by atoms with E-state index in [2.05, 4.69) is 4.18 Å². The minimum atomic E-state index is -5.90. The number of aryl methyl sites for hydroxylation is 1. The first-order valence-corrected chi connectivity index (χ1v) is 6.09. The predicted octanol–water partition coefficient (Wildman–Crippen LogP) is -0.0982. The molecule has 0 aliphatic heterocycles. The Kier molecular flexibility index (Phi) is 7.28. The molecule has 0 heterocycles. The van der Waals surface area contributed by atoms with Crippen LogP contribution in [-0.4, -0.2) is 15.4 Å². The zero-order valence-corrected chi connectivity index (χ0v) is 14.0. The van der Waals surface area contributed by atoms with Gasteiger partial charge in [-0.3, -0.25) is 0 Å². The summed E-state index contributed by atoms with van der Waals surface area (Å²) in [6, 6.07) is 5.16. The van der Waals surface area contributed by atoms with Crippen LogP contribution in [0.15, 0.2) is 41.1 Å². The Labute approximate surface area is 150 Å². The van der Waals surface area contributed by atoms with Crippen LogP contribution in [-0.2, 0) is 14.3 Å². The molecule has 1 aromatic rings. The molecule has 0 aliphatic rings. The van der Waals surface area contributed by atoms with Crippen molar-refractivity contribution in [2.75, 3.05) is 0 Å². The van der Waals surface area contributed by atoms with Gasteiger partial charge in [-0.05, 0) is 19.1 Å². The molecular weight excluding hydrogens is 314 g/mol. The quantitative estimate of drug-likeness (QED) is 0.337. The van der Waals surface area contributed by atoms with Crippen LogP contribution in [0.25, 0.3) is 0 Å². The number of benzene rings is 1. The molecule has 0 atom stereocenters. The van der Waals surface area contributed by atoms with Gasteiger partial charge in [-0.1, -0.05) is 17.7 Å². The maximum Gasteiger partial charge on any atom is 1.00 e.